The smallest absolute Gasteiger partial charge is 0.257 e. The number of amides is 1. The zero-order chi connectivity index (χ0) is 15.6. The van der Waals surface area contributed by atoms with E-state index >= 15 is 0 Å². The highest BCUT2D eigenvalue weighted by Gasteiger charge is 2.23. The minimum atomic E-state index is -0.812. The first-order valence-electron chi connectivity index (χ1n) is 6.42. The monoisotopic (exact) mass is 291 g/mol. The van der Waals surface area contributed by atoms with Crippen LogP contribution in [0.1, 0.15) is 28.9 Å². The SMILES string of the molecule is CC(c1ccccc1F)N(C)C(=O)c1ccc(O)cc1F. The molecule has 1 atom stereocenters. The Kier molecular flexibility index (Phi) is 4.21. The van der Waals surface area contributed by atoms with Gasteiger partial charge in [0, 0.05) is 18.7 Å². The van der Waals surface area contributed by atoms with Crippen molar-refractivity contribution in [3.05, 3.63) is 65.2 Å². The highest BCUT2D eigenvalue weighted by atomic mass is 19.1. The third-order valence-corrected chi connectivity index (χ3v) is 3.44. The maximum absolute atomic E-state index is 13.8. The van der Waals surface area contributed by atoms with Crippen LogP contribution >= 0.6 is 0 Å². The van der Waals surface area contributed by atoms with Crippen LogP contribution in [0, 0.1) is 11.6 Å². The fraction of sp³-hybridized carbons (Fsp3) is 0.188. The van der Waals surface area contributed by atoms with Crippen LogP contribution in [-0.4, -0.2) is 23.0 Å². The van der Waals surface area contributed by atoms with Crippen LogP contribution in [-0.2, 0) is 0 Å². The fourth-order valence-electron chi connectivity index (χ4n) is 2.07. The second-order valence-electron chi connectivity index (χ2n) is 4.78. The molecule has 0 aliphatic heterocycles. The molecule has 0 aromatic heterocycles. The molecule has 2 aromatic rings. The number of halogens is 2. The molecule has 1 amide bonds. The van der Waals surface area contributed by atoms with Crippen LogP contribution in [0.5, 0.6) is 5.75 Å². The van der Waals surface area contributed by atoms with Gasteiger partial charge in [-0.2, -0.15) is 0 Å². The third kappa shape index (κ3) is 3.02. The van der Waals surface area contributed by atoms with Gasteiger partial charge in [-0.3, -0.25) is 4.79 Å². The van der Waals surface area contributed by atoms with Gasteiger partial charge in [-0.25, -0.2) is 8.78 Å². The Hall–Kier alpha value is -2.43. The highest BCUT2D eigenvalue weighted by Crippen LogP contribution is 2.24. The van der Waals surface area contributed by atoms with E-state index in [2.05, 4.69) is 0 Å². The topological polar surface area (TPSA) is 40.5 Å². The van der Waals surface area contributed by atoms with Crippen LogP contribution in [0.15, 0.2) is 42.5 Å². The Labute approximate surface area is 121 Å². The molecule has 1 unspecified atom stereocenters. The third-order valence-electron chi connectivity index (χ3n) is 3.44. The molecule has 0 saturated carbocycles. The van der Waals surface area contributed by atoms with E-state index in [0.717, 1.165) is 6.07 Å². The Morgan fingerprint density at radius 1 is 1.14 bits per heavy atom. The van der Waals surface area contributed by atoms with Crippen LogP contribution in [0.3, 0.4) is 0 Å². The first kappa shape index (κ1) is 15.0. The summed E-state index contributed by atoms with van der Waals surface area (Å²) >= 11 is 0. The summed E-state index contributed by atoms with van der Waals surface area (Å²) in [6.07, 6.45) is 0. The van der Waals surface area contributed by atoms with Crippen LogP contribution < -0.4 is 0 Å². The lowest BCUT2D eigenvalue weighted by atomic mass is 10.1. The molecule has 0 bridgehead atoms. The zero-order valence-corrected chi connectivity index (χ0v) is 11.7. The Morgan fingerprint density at radius 3 is 2.43 bits per heavy atom. The van der Waals surface area contributed by atoms with Crippen molar-refractivity contribution >= 4 is 5.91 Å². The second-order valence-corrected chi connectivity index (χ2v) is 4.78. The van der Waals surface area contributed by atoms with Gasteiger partial charge in [-0.15, -0.1) is 0 Å². The quantitative estimate of drug-likeness (QED) is 0.940. The molecule has 2 rings (SSSR count). The minimum Gasteiger partial charge on any atom is -0.508 e. The molecular weight excluding hydrogens is 276 g/mol. The van der Waals surface area contributed by atoms with Crippen LogP contribution in [0.4, 0.5) is 8.78 Å². The number of phenols is 1. The van der Waals surface area contributed by atoms with Crippen molar-refractivity contribution in [2.45, 2.75) is 13.0 Å². The summed E-state index contributed by atoms with van der Waals surface area (Å²) in [5.74, 6) is -2.07. The van der Waals surface area contributed by atoms with Crippen LogP contribution in [0.2, 0.25) is 0 Å². The van der Waals surface area contributed by atoms with Gasteiger partial charge in [0.05, 0.1) is 11.6 Å². The summed E-state index contributed by atoms with van der Waals surface area (Å²) in [7, 11) is 1.48. The lowest BCUT2D eigenvalue weighted by molar-refractivity contribution is 0.0735. The summed E-state index contributed by atoms with van der Waals surface area (Å²) in [6.45, 7) is 1.66. The van der Waals surface area contributed by atoms with Gasteiger partial charge in [-0.1, -0.05) is 18.2 Å². The van der Waals surface area contributed by atoms with E-state index in [1.807, 2.05) is 0 Å². The summed E-state index contributed by atoms with van der Waals surface area (Å²) in [6, 6.07) is 8.89. The minimum absolute atomic E-state index is 0.168. The Bertz CT molecular complexity index is 673. The molecule has 3 nitrogen and oxygen atoms in total. The number of hydrogen-bond acceptors (Lipinski definition) is 2. The average molecular weight is 291 g/mol. The first-order valence-corrected chi connectivity index (χ1v) is 6.42. The Morgan fingerprint density at radius 2 is 1.81 bits per heavy atom. The molecule has 110 valence electrons. The number of phenolic OH excluding ortho intramolecular Hbond substituents is 1. The molecule has 0 saturated heterocycles. The van der Waals surface area contributed by atoms with Crippen molar-refractivity contribution in [2.75, 3.05) is 7.05 Å². The number of aromatic hydroxyl groups is 1. The van der Waals surface area contributed by atoms with Crippen molar-refractivity contribution in [3.63, 3.8) is 0 Å². The van der Waals surface area contributed by atoms with E-state index in [-0.39, 0.29) is 11.3 Å². The van der Waals surface area contributed by atoms with Gasteiger partial charge in [0.2, 0.25) is 0 Å². The normalized spacial score (nSPS) is 12.0. The molecule has 0 fully saturated rings. The van der Waals surface area contributed by atoms with E-state index in [4.69, 9.17) is 5.11 Å². The number of rotatable bonds is 3. The lowest BCUT2D eigenvalue weighted by Gasteiger charge is -2.26. The zero-order valence-electron chi connectivity index (χ0n) is 11.7. The summed E-state index contributed by atoms with van der Waals surface area (Å²) in [4.78, 5) is 13.5. The van der Waals surface area contributed by atoms with Crippen molar-refractivity contribution in [2.24, 2.45) is 0 Å². The predicted octanol–water partition coefficient (Wildman–Crippen LogP) is 3.50. The van der Waals surface area contributed by atoms with Gasteiger partial charge in [0.15, 0.2) is 0 Å². The van der Waals surface area contributed by atoms with Crippen molar-refractivity contribution < 1.29 is 18.7 Å². The largest absolute Gasteiger partial charge is 0.508 e. The van der Waals surface area contributed by atoms with Gasteiger partial charge < -0.3 is 10.0 Å². The van der Waals surface area contributed by atoms with E-state index in [9.17, 15) is 13.6 Å². The molecule has 0 spiro atoms. The molecule has 2 aromatic carbocycles. The standard InChI is InChI=1S/C16H15F2NO2/c1-10(12-5-3-4-6-14(12)17)19(2)16(21)13-8-7-11(20)9-15(13)18/h3-10,20H,1-2H3. The summed E-state index contributed by atoms with van der Waals surface area (Å²) < 4.78 is 27.5. The molecular formula is C16H15F2NO2. The molecule has 0 aliphatic rings. The van der Waals surface area contributed by atoms with Gasteiger partial charge in [0.25, 0.3) is 5.91 Å². The number of carbonyl (C=O) groups is 1. The highest BCUT2D eigenvalue weighted by molar-refractivity contribution is 5.94. The number of nitrogens with zero attached hydrogens (tertiary/aromatic N) is 1. The summed E-state index contributed by atoms with van der Waals surface area (Å²) in [5, 5.41) is 9.17. The predicted molar refractivity (Wildman–Crippen MR) is 75.0 cm³/mol. The molecule has 0 aliphatic carbocycles. The molecule has 1 N–H and O–H groups in total. The van der Waals surface area contributed by atoms with Crippen molar-refractivity contribution in [1.29, 1.82) is 0 Å². The van der Waals surface area contributed by atoms with E-state index in [1.54, 1.807) is 25.1 Å². The van der Waals surface area contributed by atoms with Crippen LogP contribution in [0.25, 0.3) is 0 Å². The van der Waals surface area contributed by atoms with Gasteiger partial charge in [0.1, 0.15) is 17.4 Å². The molecule has 5 heteroatoms. The van der Waals surface area contributed by atoms with Gasteiger partial charge >= 0.3 is 0 Å². The maximum Gasteiger partial charge on any atom is 0.257 e. The number of carbonyl (C=O) groups excluding carboxylic acids is 1. The average Bonchev–Trinajstić information content (AvgIpc) is 2.45. The second kappa shape index (κ2) is 5.91. The van der Waals surface area contributed by atoms with Crippen molar-refractivity contribution in [3.8, 4) is 5.75 Å². The number of benzene rings is 2. The lowest BCUT2D eigenvalue weighted by Crippen LogP contribution is -2.30. The van der Waals surface area contributed by atoms with Gasteiger partial charge in [-0.05, 0) is 25.1 Å². The fourth-order valence-corrected chi connectivity index (χ4v) is 2.07. The molecule has 0 radical (unpaired) electrons. The maximum atomic E-state index is 13.8. The van der Waals surface area contributed by atoms with Crippen molar-refractivity contribution in [1.82, 2.24) is 4.90 Å². The Balaban J connectivity index is 2.29. The summed E-state index contributed by atoms with van der Waals surface area (Å²) in [5.41, 5.74) is 0.186. The first-order chi connectivity index (χ1) is 9.91. The van der Waals surface area contributed by atoms with E-state index in [0.29, 0.717) is 5.56 Å². The van der Waals surface area contributed by atoms with E-state index < -0.39 is 23.6 Å². The molecule has 21 heavy (non-hydrogen) atoms. The number of hydrogen-bond donors (Lipinski definition) is 1. The van der Waals surface area contributed by atoms with E-state index in [1.165, 1.54) is 30.1 Å². The molecule has 0 heterocycles.